The van der Waals surface area contributed by atoms with Gasteiger partial charge < -0.3 is 9.47 Å². The Morgan fingerprint density at radius 3 is 2.72 bits per heavy atom. The molecule has 1 aromatic heterocycles. The molecule has 0 aliphatic carbocycles. The molecule has 0 aliphatic heterocycles. The third kappa shape index (κ3) is 5.17. The maximum atomic E-state index is 11.4. The molecule has 4 heteroatoms. The van der Waals surface area contributed by atoms with Crippen LogP contribution in [0.2, 0.25) is 0 Å². The number of hydrogen-bond acceptors (Lipinski definition) is 4. The van der Waals surface area contributed by atoms with E-state index >= 15 is 0 Å². The van der Waals surface area contributed by atoms with Gasteiger partial charge in [0.05, 0.1) is 18.8 Å². The van der Waals surface area contributed by atoms with Crippen molar-refractivity contribution in [1.29, 1.82) is 0 Å². The van der Waals surface area contributed by atoms with Gasteiger partial charge in [-0.15, -0.1) is 0 Å². The smallest absolute Gasteiger partial charge is 0.339 e. The van der Waals surface area contributed by atoms with Gasteiger partial charge in [0.1, 0.15) is 0 Å². The molecule has 1 heterocycles. The van der Waals surface area contributed by atoms with Gasteiger partial charge in [0.15, 0.2) is 0 Å². The van der Waals surface area contributed by atoms with Crippen molar-refractivity contribution in [2.45, 2.75) is 33.6 Å². The normalized spacial score (nSPS) is 10.4. The molecule has 18 heavy (non-hydrogen) atoms. The fraction of sp³-hybridized carbons (Fsp3) is 0.571. The first-order chi connectivity index (χ1) is 8.63. The Bertz CT molecular complexity index is 360. The third-order valence-corrected chi connectivity index (χ3v) is 2.42. The minimum absolute atomic E-state index is 0.351. The Balaban J connectivity index is 2.38. The van der Waals surface area contributed by atoms with Gasteiger partial charge in [0, 0.05) is 12.3 Å². The molecule has 0 saturated heterocycles. The van der Waals surface area contributed by atoms with Crippen molar-refractivity contribution in [3.63, 3.8) is 0 Å². The van der Waals surface area contributed by atoms with Crippen LogP contribution in [0.1, 0.15) is 44.0 Å². The molecule has 1 aromatic rings. The number of pyridine rings is 1. The first kappa shape index (κ1) is 14.5. The molecule has 100 valence electrons. The maximum Gasteiger partial charge on any atom is 0.339 e. The van der Waals surface area contributed by atoms with E-state index in [0.717, 1.165) is 12.8 Å². The number of carbonyl (C=O) groups excluding carboxylic acids is 1. The lowest BCUT2D eigenvalue weighted by atomic mass is 10.1. The van der Waals surface area contributed by atoms with Crippen molar-refractivity contribution in [3.8, 4) is 5.88 Å². The van der Waals surface area contributed by atoms with Crippen LogP contribution in [-0.4, -0.2) is 24.2 Å². The highest BCUT2D eigenvalue weighted by atomic mass is 16.5. The Labute approximate surface area is 108 Å². The van der Waals surface area contributed by atoms with Crippen LogP contribution in [0.25, 0.3) is 0 Å². The van der Waals surface area contributed by atoms with Gasteiger partial charge in [-0.1, -0.05) is 13.8 Å². The molecule has 0 fully saturated rings. The van der Waals surface area contributed by atoms with Crippen LogP contribution >= 0.6 is 0 Å². The summed E-state index contributed by atoms with van der Waals surface area (Å²) in [6, 6.07) is 3.37. The quantitative estimate of drug-likeness (QED) is 0.552. The molecule has 0 unspecified atom stereocenters. The highest BCUT2D eigenvalue weighted by Crippen LogP contribution is 2.10. The van der Waals surface area contributed by atoms with Crippen LogP contribution in [0, 0.1) is 5.92 Å². The Morgan fingerprint density at radius 2 is 2.17 bits per heavy atom. The number of carbonyl (C=O) groups is 1. The second-order valence-electron chi connectivity index (χ2n) is 4.49. The zero-order chi connectivity index (χ0) is 13.4. The molecule has 0 aliphatic rings. The van der Waals surface area contributed by atoms with Crippen molar-refractivity contribution in [2.24, 2.45) is 5.92 Å². The Kier molecular flexibility index (Phi) is 6.19. The SMILES string of the molecule is CCOC(=O)c1ccc(OCCCC(C)C)nc1. The summed E-state index contributed by atoms with van der Waals surface area (Å²) in [7, 11) is 0. The third-order valence-electron chi connectivity index (χ3n) is 2.42. The molecule has 0 saturated carbocycles. The fourth-order valence-corrected chi connectivity index (χ4v) is 1.47. The predicted octanol–water partition coefficient (Wildman–Crippen LogP) is 3.07. The van der Waals surface area contributed by atoms with Gasteiger partial charge in [-0.05, 0) is 31.7 Å². The number of hydrogen-bond donors (Lipinski definition) is 0. The van der Waals surface area contributed by atoms with E-state index in [-0.39, 0.29) is 5.97 Å². The van der Waals surface area contributed by atoms with E-state index in [1.54, 1.807) is 19.1 Å². The average Bonchev–Trinajstić information content (AvgIpc) is 2.35. The summed E-state index contributed by atoms with van der Waals surface area (Å²) in [5, 5.41) is 0. The van der Waals surface area contributed by atoms with Crippen molar-refractivity contribution < 1.29 is 14.3 Å². The number of ether oxygens (including phenoxy) is 2. The largest absolute Gasteiger partial charge is 0.478 e. The summed E-state index contributed by atoms with van der Waals surface area (Å²) in [4.78, 5) is 15.5. The number of aromatic nitrogens is 1. The van der Waals surface area contributed by atoms with Gasteiger partial charge in [0.25, 0.3) is 0 Å². The van der Waals surface area contributed by atoms with E-state index in [1.165, 1.54) is 6.20 Å². The lowest BCUT2D eigenvalue weighted by molar-refractivity contribution is 0.0526. The molecule has 4 nitrogen and oxygen atoms in total. The minimum atomic E-state index is -0.351. The summed E-state index contributed by atoms with van der Waals surface area (Å²) < 4.78 is 10.4. The zero-order valence-corrected chi connectivity index (χ0v) is 11.3. The molecule has 1 rings (SSSR count). The van der Waals surface area contributed by atoms with Crippen LogP contribution in [0.15, 0.2) is 18.3 Å². The Hall–Kier alpha value is -1.58. The first-order valence-electron chi connectivity index (χ1n) is 6.39. The number of nitrogens with zero attached hydrogens (tertiary/aromatic N) is 1. The molecule has 0 N–H and O–H groups in total. The van der Waals surface area contributed by atoms with Gasteiger partial charge >= 0.3 is 5.97 Å². The summed E-state index contributed by atoms with van der Waals surface area (Å²) in [5.74, 6) is 0.885. The van der Waals surface area contributed by atoms with Gasteiger partial charge in [0.2, 0.25) is 5.88 Å². The van der Waals surface area contributed by atoms with Crippen molar-refractivity contribution >= 4 is 5.97 Å². The minimum Gasteiger partial charge on any atom is -0.478 e. The second kappa shape index (κ2) is 7.69. The molecule has 0 amide bonds. The summed E-state index contributed by atoms with van der Waals surface area (Å²) in [6.45, 7) is 7.17. The van der Waals surface area contributed by atoms with Crippen LogP contribution in [0.4, 0.5) is 0 Å². The number of rotatable bonds is 7. The van der Waals surface area contributed by atoms with E-state index in [0.29, 0.717) is 30.6 Å². The standard InChI is InChI=1S/C14H21NO3/c1-4-17-14(16)12-7-8-13(15-10-12)18-9-5-6-11(2)3/h7-8,10-11H,4-6,9H2,1-3H3. The fourth-order valence-electron chi connectivity index (χ4n) is 1.47. The molecule has 0 spiro atoms. The van der Waals surface area contributed by atoms with Crippen LogP contribution in [0.5, 0.6) is 5.88 Å². The van der Waals surface area contributed by atoms with E-state index < -0.39 is 0 Å². The molecular formula is C14H21NO3. The van der Waals surface area contributed by atoms with Crippen LogP contribution < -0.4 is 4.74 Å². The monoisotopic (exact) mass is 251 g/mol. The molecule has 0 aromatic carbocycles. The first-order valence-corrected chi connectivity index (χ1v) is 6.39. The predicted molar refractivity (Wildman–Crippen MR) is 69.8 cm³/mol. The number of esters is 1. The van der Waals surface area contributed by atoms with Crippen LogP contribution in [-0.2, 0) is 4.74 Å². The second-order valence-corrected chi connectivity index (χ2v) is 4.49. The molecular weight excluding hydrogens is 230 g/mol. The molecule has 0 radical (unpaired) electrons. The lowest BCUT2D eigenvalue weighted by Gasteiger charge is -2.07. The van der Waals surface area contributed by atoms with Gasteiger partial charge in [-0.2, -0.15) is 0 Å². The van der Waals surface area contributed by atoms with Crippen molar-refractivity contribution in [2.75, 3.05) is 13.2 Å². The molecule has 0 bridgehead atoms. The van der Waals surface area contributed by atoms with E-state index in [1.807, 2.05) is 0 Å². The zero-order valence-electron chi connectivity index (χ0n) is 11.3. The Morgan fingerprint density at radius 1 is 1.39 bits per heavy atom. The van der Waals surface area contributed by atoms with Gasteiger partial charge in [-0.25, -0.2) is 9.78 Å². The summed E-state index contributed by atoms with van der Waals surface area (Å²) in [5.41, 5.74) is 0.450. The summed E-state index contributed by atoms with van der Waals surface area (Å²) in [6.07, 6.45) is 3.63. The van der Waals surface area contributed by atoms with Crippen LogP contribution in [0.3, 0.4) is 0 Å². The summed E-state index contributed by atoms with van der Waals surface area (Å²) >= 11 is 0. The highest BCUT2D eigenvalue weighted by molar-refractivity contribution is 5.89. The highest BCUT2D eigenvalue weighted by Gasteiger charge is 2.06. The van der Waals surface area contributed by atoms with E-state index in [2.05, 4.69) is 18.8 Å². The maximum absolute atomic E-state index is 11.4. The average molecular weight is 251 g/mol. The van der Waals surface area contributed by atoms with Gasteiger partial charge in [-0.3, -0.25) is 0 Å². The topological polar surface area (TPSA) is 48.4 Å². The van der Waals surface area contributed by atoms with Crippen molar-refractivity contribution in [3.05, 3.63) is 23.9 Å². The van der Waals surface area contributed by atoms with E-state index in [4.69, 9.17) is 9.47 Å². The van der Waals surface area contributed by atoms with E-state index in [9.17, 15) is 4.79 Å². The van der Waals surface area contributed by atoms with Crippen molar-refractivity contribution in [1.82, 2.24) is 4.98 Å². The molecule has 0 atom stereocenters. The lowest BCUT2D eigenvalue weighted by Crippen LogP contribution is -2.06.